The zero-order valence-electron chi connectivity index (χ0n) is 13.9. The highest BCUT2D eigenvalue weighted by Gasteiger charge is 2.18. The van der Waals surface area contributed by atoms with Crippen molar-refractivity contribution in [3.05, 3.63) is 71.3 Å². The minimum absolute atomic E-state index is 0.0350. The van der Waals surface area contributed by atoms with Gasteiger partial charge in [-0.05, 0) is 38.1 Å². The molecule has 5 heteroatoms. The zero-order valence-corrected chi connectivity index (χ0v) is 14.8. The summed E-state index contributed by atoms with van der Waals surface area (Å²) >= 11 is -1.63. The van der Waals surface area contributed by atoms with Gasteiger partial charge in [0.2, 0.25) is 11.1 Å². The maximum atomic E-state index is 12.7. The van der Waals surface area contributed by atoms with E-state index in [2.05, 4.69) is 0 Å². The van der Waals surface area contributed by atoms with E-state index in [0.29, 0.717) is 22.6 Å². The van der Waals surface area contributed by atoms with Gasteiger partial charge in [0.1, 0.15) is 11.5 Å². The van der Waals surface area contributed by atoms with Gasteiger partial charge in [-0.1, -0.05) is 35.9 Å². The summed E-state index contributed by atoms with van der Waals surface area (Å²) in [5.74, 6) is 0.986. The lowest BCUT2D eigenvalue weighted by Crippen LogP contribution is -2.15. The van der Waals surface area contributed by atoms with Crippen LogP contribution in [0.2, 0.25) is 0 Å². The van der Waals surface area contributed by atoms with Gasteiger partial charge in [-0.2, -0.15) is 0 Å². The number of ketones is 1. The Morgan fingerprint density at radius 2 is 1.67 bits per heavy atom. The third kappa shape index (κ3) is 4.80. The minimum Gasteiger partial charge on any atom is -0.497 e. The molecule has 0 saturated carbocycles. The van der Waals surface area contributed by atoms with E-state index < -0.39 is 11.1 Å². The predicted octanol–water partition coefficient (Wildman–Crippen LogP) is 3.96. The zero-order chi connectivity index (χ0) is 17.5. The molecular formula is C19H20O4S. The Labute approximate surface area is 144 Å². The summed E-state index contributed by atoms with van der Waals surface area (Å²) in [4.78, 5) is 12.7. The Bertz CT molecular complexity index is 762. The van der Waals surface area contributed by atoms with Crippen LogP contribution in [-0.4, -0.2) is 22.9 Å². The molecule has 0 aliphatic heterocycles. The van der Waals surface area contributed by atoms with Crippen molar-refractivity contribution in [1.82, 2.24) is 0 Å². The fourth-order valence-corrected chi connectivity index (χ4v) is 3.15. The highest BCUT2D eigenvalue weighted by molar-refractivity contribution is 7.80. The van der Waals surface area contributed by atoms with E-state index in [1.165, 1.54) is 0 Å². The average Bonchev–Trinajstić information content (AvgIpc) is 2.59. The van der Waals surface area contributed by atoms with E-state index in [1.54, 1.807) is 55.6 Å². The van der Waals surface area contributed by atoms with Crippen molar-refractivity contribution in [3.8, 4) is 11.5 Å². The summed E-state index contributed by atoms with van der Waals surface area (Å²) < 4.78 is 22.8. The molecule has 1 unspecified atom stereocenters. The lowest BCUT2D eigenvalue weighted by molar-refractivity contribution is 0.103. The van der Waals surface area contributed by atoms with Gasteiger partial charge < -0.3 is 8.92 Å². The summed E-state index contributed by atoms with van der Waals surface area (Å²) in [7, 11) is 1.55. The molecule has 2 rings (SSSR count). The van der Waals surface area contributed by atoms with Gasteiger partial charge in [-0.25, -0.2) is 4.21 Å². The molecule has 0 spiro atoms. The highest BCUT2D eigenvalue weighted by atomic mass is 32.2. The SMILES string of the molecule is COc1cccc(C(=O)C(CS(=O)Oc2ccccc2)=C(C)C)c1. The lowest BCUT2D eigenvalue weighted by Gasteiger charge is -2.11. The first kappa shape index (κ1) is 17.9. The van der Waals surface area contributed by atoms with Crippen LogP contribution >= 0.6 is 0 Å². The summed E-state index contributed by atoms with van der Waals surface area (Å²) in [6, 6.07) is 15.8. The van der Waals surface area contributed by atoms with Crippen molar-refractivity contribution in [2.24, 2.45) is 0 Å². The number of ether oxygens (including phenoxy) is 1. The lowest BCUT2D eigenvalue weighted by atomic mass is 10.0. The molecule has 0 saturated heterocycles. The molecule has 0 bridgehead atoms. The van der Waals surface area contributed by atoms with Crippen LogP contribution in [0.5, 0.6) is 11.5 Å². The summed E-state index contributed by atoms with van der Waals surface area (Å²) in [6.45, 7) is 3.65. The van der Waals surface area contributed by atoms with E-state index in [9.17, 15) is 9.00 Å². The van der Waals surface area contributed by atoms with Gasteiger partial charge in [0, 0.05) is 11.1 Å². The van der Waals surface area contributed by atoms with Crippen molar-refractivity contribution >= 4 is 16.9 Å². The molecule has 0 radical (unpaired) electrons. The molecule has 0 amide bonds. The molecular weight excluding hydrogens is 324 g/mol. The van der Waals surface area contributed by atoms with Crippen LogP contribution in [0.3, 0.4) is 0 Å². The van der Waals surface area contributed by atoms with E-state index in [4.69, 9.17) is 8.92 Å². The van der Waals surface area contributed by atoms with Crippen molar-refractivity contribution in [1.29, 1.82) is 0 Å². The van der Waals surface area contributed by atoms with Crippen LogP contribution < -0.4 is 8.92 Å². The largest absolute Gasteiger partial charge is 0.497 e. The molecule has 0 aliphatic rings. The Hall–Kier alpha value is -2.40. The average molecular weight is 344 g/mol. The summed E-state index contributed by atoms with van der Waals surface area (Å²) in [5, 5.41) is 0. The third-order valence-corrected chi connectivity index (χ3v) is 4.31. The molecule has 126 valence electrons. The number of carbonyl (C=O) groups is 1. The molecule has 0 aliphatic carbocycles. The number of benzene rings is 2. The highest BCUT2D eigenvalue weighted by Crippen LogP contribution is 2.19. The quantitative estimate of drug-likeness (QED) is 0.563. The molecule has 0 N–H and O–H groups in total. The van der Waals surface area contributed by atoms with Crippen LogP contribution in [0.4, 0.5) is 0 Å². The van der Waals surface area contributed by atoms with E-state index in [0.717, 1.165) is 5.57 Å². The number of rotatable bonds is 7. The maximum Gasteiger partial charge on any atom is 0.211 e. The predicted molar refractivity (Wildman–Crippen MR) is 95.8 cm³/mol. The molecule has 24 heavy (non-hydrogen) atoms. The van der Waals surface area contributed by atoms with E-state index >= 15 is 0 Å². The molecule has 4 nitrogen and oxygen atoms in total. The molecule has 2 aromatic carbocycles. The summed E-state index contributed by atoms with van der Waals surface area (Å²) in [6.07, 6.45) is 0. The molecule has 1 atom stereocenters. The topological polar surface area (TPSA) is 52.6 Å². The second-order valence-corrected chi connectivity index (χ2v) is 6.45. The van der Waals surface area contributed by atoms with Gasteiger partial charge >= 0.3 is 0 Å². The van der Waals surface area contributed by atoms with E-state index in [1.807, 2.05) is 19.9 Å². The summed E-state index contributed by atoms with van der Waals surface area (Å²) in [5.41, 5.74) is 1.80. The van der Waals surface area contributed by atoms with Crippen LogP contribution in [0.1, 0.15) is 24.2 Å². The number of allylic oxidation sites excluding steroid dienone is 1. The first-order valence-corrected chi connectivity index (χ1v) is 8.72. The number of Topliss-reactive ketones (excluding diaryl/α,β-unsaturated/α-hetero) is 1. The van der Waals surface area contributed by atoms with Crippen LogP contribution in [-0.2, 0) is 11.1 Å². The molecule has 0 fully saturated rings. The number of methoxy groups -OCH3 is 1. The number of hydrogen-bond donors (Lipinski definition) is 0. The fraction of sp³-hybridized carbons (Fsp3) is 0.211. The second kappa shape index (κ2) is 8.45. The molecule has 0 aromatic heterocycles. The Morgan fingerprint density at radius 3 is 2.29 bits per heavy atom. The number of para-hydroxylation sites is 1. The molecule has 0 heterocycles. The Balaban J connectivity index is 2.16. The fourth-order valence-electron chi connectivity index (χ4n) is 2.11. The normalized spacial score (nSPS) is 11.5. The Kier molecular flexibility index (Phi) is 6.32. The van der Waals surface area contributed by atoms with Crippen molar-refractivity contribution in [3.63, 3.8) is 0 Å². The monoisotopic (exact) mass is 344 g/mol. The Morgan fingerprint density at radius 1 is 1.00 bits per heavy atom. The van der Waals surface area contributed by atoms with Gasteiger partial charge in [-0.3, -0.25) is 4.79 Å². The van der Waals surface area contributed by atoms with Crippen LogP contribution in [0, 0.1) is 0 Å². The van der Waals surface area contributed by atoms with Crippen LogP contribution in [0.15, 0.2) is 65.7 Å². The number of hydrogen-bond acceptors (Lipinski definition) is 4. The smallest absolute Gasteiger partial charge is 0.211 e. The first-order chi connectivity index (χ1) is 11.5. The minimum atomic E-state index is -1.63. The van der Waals surface area contributed by atoms with Gasteiger partial charge in [0.15, 0.2) is 5.78 Å². The first-order valence-electron chi connectivity index (χ1n) is 7.48. The second-order valence-electron chi connectivity index (χ2n) is 5.38. The maximum absolute atomic E-state index is 12.7. The van der Waals surface area contributed by atoms with Crippen LogP contribution in [0.25, 0.3) is 0 Å². The van der Waals surface area contributed by atoms with Crippen molar-refractivity contribution in [2.45, 2.75) is 13.8 Å². The van der Waals surface area contributed by atoms with Gasteiger partial charge in [-0.15, -0.1) is 0 Å². The van der Waals surface area contributed by atoms with Crippen molar-refractivity contribution < 1.29 is 17.9 Å². The number of carbonyl (C=O) groups excluding carboxylic acids is 1. The van der Waals surface area contributed by atoms with Gasteiger partial charge in [0.05, 0.1) is 12.9 Å². The van der Waals surface area contributed by atoms with Gasteiger partial charge in [0.25, 0.3) is 0 Å². The third-order valence-electron chi connectivity index (χ3n) is 3.40. The van der Waals surface area contributed by atoms with Crippen molar-refractivity contribution in [2.75, 3.05) is 12.9 Å². The van der Waals surface area contributed by atoms with E-state index in [-0.39, 0.29) is 11.5 Å². The standard InChI is InChI=1S/C19H20O4S/c1-14(2)18(13-24(21)23-16-9-5-4-6-10-16)19(20)15-8-7-11-17(12-15)22-3/h4-12H,13H2,1-3H3. The molecule has 2 aromatic rings.